The minimum absolute atomic E-state index is 0.000791. The zero-order valence-electron chi connectivity index (χ0n) is 9.64. The van der Waals surface area contributed by atoms with Crippen molar-refractivity contribution in [2.45, 2.75) is 17.4 Å². The van der Waals surface area contributed by atoms with Crippen molar-refractivity contribution in [3.63, 3.8) is 0 Å². The van der Waals surface area contributed by atoms with Crippen LogP contribution in [-0.2, 0) is 19.9 Å². The summed E-state index contributed by atoms with van der Waals surface area (Å²) in [4.78, 5) is -0.220. The van der Waals surface area contributed by atoms with Crippen LogP contribution in [0.3, 0.4) is 0 Å². The van der Waals surface area contributed by atoms with Gasteiger partial charge in [0, 0.05) is 6.04 Å². The number of sulfone groups is 1. The molecule has 1 saturated heterocycles. The molecule has 0 bridgehead atoms. The number of sulfonamides is 1. The fourth-order valence-corrected chi connectivity index (χ4v) is 6.10. The Morgan fingerprint density at radius 3 is 2.26 bits per heavy atom. The Hall–Kier alpha value is -0.340. The first-order chi connectivity index (χ1) is 8.71. The van der Waals surface area contributed by atoms with E-state index in [9.17, 15) is 16.8 Å². The Morgan fingerprint density at radius 1 is 1.21 bits per heavy atom. The molecular formula is C10H11Cl2NO4S2. The fourth-order valence-electron chi connectivity index (χ4n) is 1.91. The second kappa shape index (κ2) is 5.21. The van der Waals surface area contributed by atoms with Crippen LogP contribution in [0, 0.1) is 0 Å². The molecule has 0 aromatic heterocycles. The third-order valence-electron chi connectivity index (χ3n) is 2.74. The van der Waals surface area contributed by atoms with Crippen molar-refractivity contribution in [2.75, 3.05) is 11.5 Å². The molecule has 1 aliphatic rings. The molecule has 106 valence electrons. The summed E-state index contributed by atoms with van der Waals surface area (Å²) >= 11 is 11.7. The van der Waals surface area contributed by atoms with Crippen LogP contribution < -0.4 is 4.72 Å². The Balaban J connectivity index is 2.29. The molecule has 2 rings (SSSR count). The number of rotatable bonds is 3. The molecule has 5 nitrogen and oxygen atoms in total. The van der Waals surface area contributed by atoms with Gasteiger partial charge in [-0.15, -0.1) is 0 Å². The molecule has 0 spiro atoms. The molecule has 0 saturated carbocycles. The number of nitrogens with one attached hydrogen (secondary N) is 1. The van der Waals surface area contributed by atoms with Crippen LogP contribution in [0.5, 0.6) is 0 Å². The maximum atomic E-state index is 12.2. The van der Waals surface area contributed by atoms with E-state index in [1.807, 2.05) is 0 Å². The minimum atomic E-state index is -3.93. The molecule has 1 aliphatic heterocycles. The Kier molecular flexibility index (Phi) is 4.13. The summed E-state index contributed by atoms with van der Waals surface area (Å²) in [6.45, 7) is 0. The summed E-state index contributed by atoms with van der Waals surface area (Å²) in [6.07, 6.45) is 0.254. The second-order valence-corrected chi connectivity index (χ2v) is 8.97. The lowest BCUT2D eigenvalue weighted by molar-refractivity contribution is 0.562. The van der Waals surface area contributed by atoms with Crippen molar-refractivity contribution in [1.82, 2.24) is 4.72 Å². The van der Waals surface area contributed by atoms with Gasteiger partial charge in [0.15, 0.2) is 9.84 Å². The van der Waals surface area contributed by atoms with Gasteiger partial charge in [0.1, 0.15) is 4.90 Å². The number of hydrogen-bond donors (Lipinski definition) is 1. The molecule has 1 heterocycles. The van der Waals surface area contributed by atoms with E-state index in [2.05, 4.69) is 4.72 Å². The summed E-state index contributed by atoms with van der Waals surface area (Å²) in [5.74, 6) is -0.218. The largest absolute Gasteiger partial charge is 0.243 e. The molecule has 0 amide bonds. The lowest BCUT2D eigenvalue weighted by Crippen LogP contribution is -2.35. The summed E-state index contributed by atoms with van der Waals surface area (Å²) in [5, 5.41) is 0.00158. The summed E-state index contributed by atoms with van der Waals surface area (Å²) in [5.41, 5.74) is 0. The monoisotopic (exact) mass is 343 g/mol. The van der Waals surface area contributed by atoms with Crippen molar-refractivity contribution in [3.8, 4) is 0 Å². The Labute approximate surface area is 121 Å². The highest BCUT2D eigenvalue weighted by Gasteiger charge is 2.32. The van der Waals surface area contributed by atoms with Gasteiger partial charge in [-0.2, -0.15) is 0 Å². The van der Waals surface area contributed by atoms with E-state index in [1.54, 1.807) is 0 Å². The first-order valence-corrected chi connectivity index (χ1v) is 9.44. The van der Waals surface area contributed by atoms with Gasteiger partial charge < -0.3 is 0 Å². The van der Waals surface area contributed by atoms with Crippen molar-refractivity contribution < 1.29 is 16.8 Å². The number of halogens is 2. The smallest absolute Gasteiger partial charge is 0.229 e. The number of hydrogen-bond acceptors (Lipinski definition) is 4. The van der Waals surface area contributed by atoms with Gasteiger partial charge in [0.05, 0.1) is 21.6 Å². The molecule has 1 fully saturated rings. The van der Waals surface area contributed by atoms with Crippen LogP contribution in [0.1, 0.15) is 6.42 Å². The lowest BCUT2D eigenvalue weighted by Gasteiger charge is -2.13. The van der Waals surface area contributed by atoms with Gasteiger partial charge in [-0.1, -0.05) is 29.3 Å². The Bertz CT molecular complexity index is 680. The zero-order chi connectivity index (χ0) is 14.3. The van der Waals surface area contributed by atoms with Crippen molar-refractivity contribution in [1.29, 1.82) is 0 Å². The fraction of sp³-hybridized carbons (Fsp3) is 0.400. The summed E-state index contributed by atoms with van der Waals surface area (Å²) < 4.78 is 49.3. The van der Waals surface area contributed by atoms with E-state index >= 15 is 0 Å². The standard InChI is InChI=1S/C10H11Cl2NO4S2/c11-8-2-1-3-9(12)10(8)19(16,17)13-7-4-5-18(14,15)6-7/h1-3,7,13H,4-6H2/t7-/m1/s1. The first-order valence-electron chi connectivity index (χ1n) is 5.38. The van der Waals surface area contributed by atoms with Crippen molar-refractivity contribution >= 4 is 43.1 Å². The summed E-state index contributed by atoms with van der Waals surface area (Å²) in [7, 11) is -7.10. The molecule has 1 N–H and O–H groups in total. The quantitative estimate of drug-likeness (QED) is 0.900. The molecule has 0 radical (unpaired) electrons. The molecule has 19 heavy (non-hydrogen) atoms. The van der Waals surface area contributed by atoms with E-state index in [0.717, 1.165) is 0 Å². The number of benzene rings is 1. The Morgan fingerprint density at radius 2 is 1.79 bits per heavy atom. The highest BCUT2D eigenvalue weighted by molar-refractivity contribution is 7.92. The van der Waals surface area contributed by atoms with Crippen LogP contribution in [-0.4, -0.2) is 34.4 Å². The third-order valence-corrected chi connectivity index (χ3v) is 6.98. The van der Waals surface area contributed by atoms with Gasteiger partial charge in [-0.3, -0.25) is 0 Å². The lowest BCUT2D eigenvalue weighted by atomic mass is 10.3. The van der Waals surface area contributed by atoms with Crippen molar-refractivity contribution in [2.24, 2.45) is 0 Å². The summed E-state index contributed by atoms with van der Waals surface area (Å²) in [6, 6.07) is 3.71. The predicted molar refractivity (Wildman–Crippen MR) is 73.8 cm³/mol. The predicted octanol–water partition coefficient (Wildman–Crippen LogP) is 1.46. The zero-order valence-corrected chi connectivity index (χ0v) is 12.8. The van der Waals surface area contributed by atoms with Gasteiger partial charge in [0.2, 0.25) is 10.0 Å². The van der Waals surface area contributed by atoms with Crippen LogP contribution in [0.25, 0.3) is 0 Å². The van der Waals surface area contributed by atoms with E-state index in [-0.39, 0.29) is 32.9 Å². The van der Waals surface area contributed by atoms with E-state index < -0.39 is 25.9 Å². The van der Waals surface area contributed by atoms with Gasteiger partial charge in [-0.25, -0.2) is 21.6 Å². The average Bonchev–Trinajstić information content (AvgIpc) is 2.56. The molecule has 0 aliphatic carbocycles. The molecule has 1 atom stereocenters. The van der Waals surface area contributed by atoms with Crippen LogP contribution in [0.15, 0.2) is 23.1 Å². The highest BCUT2D eigenvalue weighted by Crippen LogP contribution is 2.29. The molecule has 9 heteroatoms. The third kappa shape index (κ3) is 3.41. The molecular weight excluding hydrogens is 333 g/mol. The molecule has 1 aromatic rings. The maximum absolute atomic E-state index is 12.2. The minimum Gasteiger partial charge on any atom is -0.229 e. The van der Waals surface area contributed by atoms with Gasteiger partial charge in [-0.05, 0) is 18.6 Å². The highest BCUT2D eigenvalue weighted by atomic mass is 35.5. The normalized spacial score (nSPS) is 22.5. The SMILES string of the molecule is O=S1(=O)CC[C@@H](NS(=O)(=O)c2c(Cl)cccc2Cl)C1. The van der Waals surface area contributed by atoms with Crippen LogP contribution >= 0.6 is 23.2 Å². The average molecular weight is 344 g/mol. The van der Waals surface area contributed by atoms with Gasteiger partial charge >= 0.3 is 0 Å². The molecule has 1 aromatic carbocycles. The van der Waals surface area contributed by atoms with Crippen LogP contribution in [0.4, 0.5) is 0 Å². The van der Waals surface area contributed by atoms with E-state index in [0.29, 0.717) is 0 Å². The first kappa shape index (κ1) is 15.1. The second-order valence-electron chi connectivity index (χ2n) is 4.27. The van der Waals surface area contributed by atoms with Gasteiger partial charge in [0.25, 0.3) is 0 Å². The maximum Gasteiger partial charge on any atom is 0.243 e. The van der Waals surface area contributed by atoms with E-state index in [4.69, 9.17) is 23.2 Å². The molecule has 0 unspecified atom stereocenters. The van der Waals surface area contributed by atoms with Crippen molar-refractivity contribution in [3.05, 3.63) is 28.2 Å². The van der Waals surface area contributed by atoms with Crippen LogP contribution in [0.2, 0.25) is 10.0 Å². The topological polar surface area (TPSA) is 80.3 Å². The van der Waals surface area contributed by atoms with E-state index in [1.165, 1.54) is 18.2 Å².